The van der Waals surface area contributed by atoms with Crippen LogP contribution in [-0.2, 0) is 49.5 Å². The highest BCUT2D eigenvalue weighted by Crippen LogP contribution is 2.65. The van der Waals surface area contributed by atoms with Crippen LogP contribution in [0.15, 0.2) is 0 Å². The van der Waals surface area contributed by atoms with Gasteiger partial charge >= 0.3 is 64.7 Å². The van der Waals surface area contributed by atoms with Gasteiger partial charge in [0.05, 0.1) is 0 Å². The third-order valence-corrected chi connectivity index (χ3v) is 11.2. The second kappa shape index (κ2) is 42.5. The molecule has 0 aliphatic carbocycles. The topological polar surface area (TPSA) is 411 Å². The summed E-state index contributed by atoms with van der Waals surface area (Å²) in [6, 6.07) is 0. The molecule has 25 nitrogen and oxygen atoms in total. The van der Waals surface area contributed by atoms with E-state index >= 15 is 0 Å². The summed E-state index contributed by atoms with van der Waals surface area (Å²) in [6.07, 6.45) is 11.3. The lowest BCUT2D eigenvalue weighted by Crippen LogP contribution is -2.35. The van der Waals surface area contributed by atoms with Gasteiger partial charge in [-0.15, -0.1) is 29.4 Å². The van der Waals surface area contributed by atoms with Crippen LogP contribution in [0, 0.1) is 0 Å². The summed E-state index contributed by atoms with van der Waals surface area (Å²) in [4.78, 5) is 83.5. The quantitative estimate of drug-likeness (QED) is 0.0732. The van der Waals surface area contributed by atoms with E-state index in [-0.39, 0.29) is 0 Å². The largest absolute Gasteiger partial charge is 0.745 e. The molecule has 0 aliphatic heterocycles. The Morgan fingerprint density at radius 3 is 0.865 bits per heavy atom. The predicted octanol–water partition coefficient (Wildman–Crippen LogP) is 3.58. The minimum Gasteiger partial charge on any atom is -0.323 e. The van der Waals surface area contributed by atoms with Gasteiger partial charge in [0, 0.05) is 27.4 Å². The van der Waals surface area contributed by atoms with Crippen LogP contribution in [0.1, 0.15) is 65.2 Å². The summed E-state index contributed by atoms with van der Waals surface area (Å²) in [5, 5.41) is 0.387. The third-order valence-electron chi connectivity index (χ3n) is 3.88. The van der Waals surface area contributed by atoms with E-state index in [9.17, 15) is 36.5 Å². The Bertz CT molecular complexity index is 919. The SMILES string of the molecule is CC(N)(P(=O)(O)O)P(=O)(O)O.CCCCCCCCCCNC.CN(C)C.CN(C)C.O=[P+](O)O[P+](=O)O.O=[P+](O)O[P+](=O)O.O=[P+](O)O[P+](=O)O. The molecule has 0 aliphatic rings. The van der Waals surface area contributed by atoms with Crippen LogP contribution in [0.5, 0.6) is 0 Å². The number of nitrogens with two attached hydrogens (primary N) is 1. The van der Waals surface area contributed by atoms with Crippen LogP contribution in [-0.4, -0.2) is 120 Å². The number of hydrogen-bond donors (Lipinski definition) is 12. The highest BCUT2D eigenvalue weighted by molar-refractivity contribution is 7.72. The fraction of sp³-hybridized carbons (Fsp3) is 1.00. The van der Waals surface area contributed by atoms with Gasteiger partial charge in [0.25, 0.3) is 0 Å². The summed E-state index contributed by atoms with van der Waals surface area (Å²) in [5.74, 6) is 0. The predicted molar refractivity (Wildman–Crippen MR) is 195 cm³/mol. The van der Waals surface area contributed by atoms with Gasteiger partial charge in [-0.3, -0.25) is 9.13 Å². The average Bonchev–Trinajstić information content (AvgIpc) is 2.87. The van der Waals surface area contributed by atoms with E-state index in [0.29, 0.717) is 6.92 Å². The zero-order valence-corrected chi connectivity index (χ0v) is 37.5. The first kappa shape index (κ1) is 67.1. The Morgan fingerprint density at radius 1 is 0.558 bits per heavy atom. The molecule has 314 valence electrons. The second-order valence-electron chi connectivity index (χ2n) is 10.1. The van der Waals surface area contributed by atoms with Crippen molar-refractivity contribution in [1.82, 2.24) is 15.1 Å². The molecule has 0 saturated carbocycles. The first-order chi connectivity index (χ1) is 23.3. The maximum absolute atomic E-state index is 10.4. The van der Waals surface area contributed by atoms with E-state index in [1.165, 1.54) is 57.9 Å². The van der Waals surface area contributed by atoms with Crippen molar-refractivity contribution in [3.8, 4) is 0 Å². The van der Waals surface area contributed by atoms with Crippen molar-refractivity contribution in [3.05, 3.63) is 0 Å². The zero-order valence-electron chi connectivity index (χ0n) is 30.4. The molecule has 0 spiro atoms. The maximum Gasteiger partial charge on any atom is 0.745 e. The van der Waals surface area contributed by atoms with Crippen molar-refractivity contribution in [2.75, 3.05) is 55.9 Å². The fourth-order valence-electron chi connectivity index (χ4n) is 1.78. The van der Waals surface area contributed by atoms with Crippen molar-refractivity contribution in [2.45, 2.75) is 70.2 Å². The van der Waals surface area contributed by atoms with Gasteiger partial charge in [-0.25, -0.2) is 0 Å². The maximum atomic E-state index is 10.4. The Hall–Kier alpha value is 0.380. The van der Waals surface area contributed by atoms with Crippen LogP contribution in [0.4, 0.5) is 0 Å². The Labute approximate surface area is 309 Å². The molecule has 0 fully saturated rings. The van der Waals surface area contributed by atoms with E-state index < -0.39 is 69.7 Å². The summed E-state index contributed by atoms with van der Waals surface area (Å²) >= 11 is 0. The van der Waals surface area contributed by atoms with Gasteiger partial charge in [-0.2, -0.15) is 0 Å². The molecule has 0 aromatic rings. The molecular formula is C19H58N4O21P8+6. The molecule has 52 heavy (non-hydrogen) atoms. The standard InChI is InChI=1S/C11H25N.2C3H9N.C2H9NO6P2.3O5P2/c1-3-4-5-6-7-8-9-10-11-12-2;2*1-4(2)3;1-2(3,10(4,5)6)11(7,8)9;3*1-6(2)5-7(3)4/h12H,3-11H2,1-2H3;2*1-3H3;3H2,1H3,(H2,4,5,6)(H2,7,8,9);;;/p+6. The van der Waals surface area contributed by atoms with Gasteiger partial charge < -0.3 is 40.4 Å². The van der Waals surface area contributed by atoms with Crippen LogP contribution in [0.2, 0.25) is 0 Å². The van der Waals surface area contributed by atoms with E-state index in [1.807, 2.05) is 59.1 Å². The number of hydrogen-bond acceptors (Lipinski definition) is 15. The molecule has 0 rings (SSSR count). The number of nitrogens with zero attached hydrogens (tertiary/aromatic N) is 2. The summed E-state index contributed by atoms with van der Waals surface area (Å²) in [7, 11) is -13.5. The molecule has 0 radical (unpaired) electrons. The van der Waals surface area contributed by atoms with E-state index in [4.69, 9.17) is 54.7 Å². The number of unbranched alkanes of at least 4 members (excludes halogenated alkanes) is 7. The summed E-state index contributed by atoms with van der Waals surface area (Å²) in [5.41, 5.74) is 4.74. The molecule has 0 bridgehead atoms. The summed E-state index contributed by atoms with van der Waals surface area (Å²) in [6.45, 7) is 4.07. The molecule has 0 saturated heterocycles. The highest BCUT2D eigenvalue weighted by Gasteiger charge is 2.53. The highest BCUT2D eigenvalue weighted by atomic mass is 31.2. The zero-order chi connectivity index (χ0) is 43.3. The molecule has 6 unspecified atom stereocenters. The monoisotopic (exact) mass is 926 g/mol. The molecular weight excluding hydrogens is 868 g/mol. The third kappa shape index (κ3) is 79.2. The Morgan fingerprint density at radius 2 is 0.750 bits per heavy atom. The van der Waals surface area contributed by atoms with Crippen molar-refractivity contribution < 1.29 is 98.4 Å². The molecule has 0 aromatic carbocycles. The average molecular weight is 926 g/mol. The van der Waals surface area contributed by atoms with Crippen molar-refractivity contribution in [3.63, 3.8) is 0 Å². The van der Waals surface area contributed by atoms with Gasteiger partial charge in [0.2, 0.25) is 5.02 Å². The minimum absolute atomic E-state index is 0.606. The Kier molecular flexibility index (Phi) is 54.9. The number of rotatable bonds is 17. The molecule has 6 atom stereocenters. The normalized spacial score (nSPS) is 12.4. The fourth-order valence-corrected chi connectivity index (χ4v) is 4.58. The van der Waals surface area contributed by atoms with E-state index in [0.717, 1.165) is 0 Å². The van der Waals surface area contributed by atoms with Crippen molar-refractivity contribution in [1.29, 1.82) is 0 Å². The molecule has 0 aromatic heterocycles. The smallest absolute Gasteiger partial charge is 0.323 e. The lowest BCUT2D eigenvalue weighted by Gasteiger charge is -2.25. The first-order valence-corrected chi connectivity index (χ1v) is 24.0. The van der Waals surface area contributed by atoms with Gasteiger partial charge in [0.15, 0.2) is 12.9 Å². The van der Waals surface area contributed by atoms with Gasteiger partial charge in [-0.05, 0) is 69.2 Å². The van der Waals surface area contributed by atoms with E-state index in [2.05, 4.69) is 25.2 Å². The number of nitrogens with one attached hydrogen (secondary N) is 1. The van der Waals surface area contributed by atoms with Crippen LogP contribution in [0.3, 0.4) is 0 Å². The second-order valence-corrected chi connectivity index (χ2v) is 19.3. The van der Waals surface area contributed by atoms with Crippen molar-refractivity contribution >= 4 is 64.7 Å². The van der Waals surface area contributed by atoms with E-state index in [1.54, 1.807) is 0 Å². The van der Waals surface area contributed by atoms with Crippen LogP contribution < -0.4 is 11.1 Å². The van der Waals surface area contributed by atoms with Crippen molar-refractivity contribution in [2.24, 2.45) is 5.73 Å². The first-order valence-electron chi connectivity index (χ1n) is 14.0. The molecule has 0 amide bonds. The van der Waals surface area contributed by atoms with Gasteiger partial charge in [0.1, 0.15) is 0 Å². The summed E-state index contributed by atoms with van der Waals surface area (Å²) < 4.78 is 87.2. The Balaban J connectivity index is -0.0000000940. The van der Waals surface area contributed by atoms with Crippen LogP contribution >= 0.6 is 64.7 Å². The molecule has 13 N–H and O–H groups in total. The van der Waals surface area contributed by atoms with Gasteiger partial charge in [-0.1, -0.05) is 51.9 Å². The lowest BCUT2D eigenvalue weighted by atomic mass is 10.1. The van der Waals surface area contributed by atoms with Crippen LogP contribution in [0.25, 0.3) is 0 Å². The molecule has 0 heterocycles. The minimum atomic E-state index is -4.98. The molecule has 33 heteroatoms. The lowest BCUT2D eigenvalue weighted by molar-refractivity contribution is 0.314.